The first-order valence-electron chi connectivity index (χ1n) is 2.49. The molecule has 38 valence electrons. The van der Waals surface area contributed by atoms with E-state index in [2.05, 4.69) is 22.4 Å². The second-order valence-corrected chi connectivity index (χ2v) is 1.66. The van der Waals surface area contributed by atoms with Crippen LogP contribution in [0, 0.1) is 0 Å². The van der Waals surface area contributed by atoms with E-state index in [0.717, 1.165) is 6.54 Å². The summed E-state index contributed by atoms with van der Waals surface area (Å²) in [4.78, 5) is 0. The molecule has 0 aromatic rings. The molecule has 1 rings (SSSR count). The Morgan fingerprint density at radius 2 is 2.71 bits per heavy atom. The summed E-state index contributed by atoms with van der Waals surface area (Å²) in [5, 5.41) is 6.87. The van der Waals surface area contributed by atoms with E-state index in [1.54, 1.807) is 0 Å². The van der Waals surface area contributed by atoms with Crippen LogP contribution in [0.2, 0.25) is 0 Å². The Morgan fingerprint density at radius 1 is 1.86 bits per heavy atom. The molecule has 0 aromatic heterocycles. The van der Waals surface area contributed by atoms with Crippen molar-refractivity contribution in [1.82, 2.24) is 0 Å². The minimum Gasteiger partial charge on any atom is -0.138 e. The Labute approximate surface area is 43.0 Å². The van der Waals surface area contributed by atoms with E-state index in [0.29, 0.717) is 6.04 Å². The van der Waals surface area contributed by atoms with Gasteiger partial charge in [0.25, 0.3) is 0 Å². The molecule has 1 aliphatic rings. The van der Waals surface area contributed by atoms with Crippen molar-refractivity contribution in [3.8, 4) is 0 Å². The Balaban J connectivity index is 2.49. The fourth-order valence-electron chi connectivity index (χ4n) is 0.557. The van der Waals surface area contributed by atoms with Gasteiger partial charge in [0, 0.05) is 0 Å². The average molecular weight is 97.1 g/mol. The molecule has 0 fully saturated rings. The molecule has 0 aromatic carbocycles. The van der Waals surface area contributed by atoms with E-state index in [9.17, 15) is 0 Å². The zero-order valence-electron chi connectivity index (χ0n) is 4.39. The molecular formula is C5H9N2+. The van der Waals surface area contributed by atoms with Gasteiger partial charge < -0.3 is 0 Å². The summed E-state index contributed by atoms with van der Waals surface area (Å²) in [5.74, 6) is 0. The van der Waals surface area contributed by atoms with Crippen LogP contribution in [0.3, 0.4) is 0 Å². The van der Waals surface area contributed by atoms with Crippen LogP contribution in [0.15, 0.2) is 17.3 Å². The van der Waals surface area contributed by atoms with Gasteiger partial charge in [-0.1, -0.05) is 6.08 Å². The van der Waals surface area contributed by atoms with Crippen molar-refractivity contribution in [3.63, 3.8) is 0 Å². The van der Waals surface area contributed by atoms with Gasteiger partial charge in [-0.2, -0.15) is 0 Å². The Hall–Kier alpha value is -0.660. The topological polar surface area (TPSA) is 26.3 Å². The zero-order chi connectivity index (χ0) is 5.11. The molecule has 1 heterocycles. The van der Waals surface area contributed by atoms with Crippen LogP contribution >= 0.6 is 0 Å². The SMILES string of the molecule is CC1C=CC[NH+]=N1. The maximum Gasteiger partial charge on any atom is 0.184 e. The fraction of sp³-hybridized carbons (Fsp3) is 0.600. The fourth-order valence-corrected chi connectivity index (χ4v) is 0.557. The molecule has 0 saturated carbocycles. The molecule has 0 amide bonds. The van der Waals surface area contributed by atoms with Crippen LogP contribution < -0.4 is 5.11 Å². The van der Waals surface area contributed by atoms with Gasteiger partial charge >= 0.3 is 0 Å². The van der Waals surface area contributed by atoms with Crippen LogP contribution in [0.4, 0.5) is 0 Å². The van der Waals surface area contributed by atoms with Crippen LogP contribution in [0.5, 0.6) is 0 Å². The second-order valence-electron chi connectivity index (χ2n) is 1.66. The van der Waals surface area contributed by atoms with Gasteiger partial charge in [0.05, 0.1) is 0 Å². The van der Waals surface area contributed by atoms with Crippen molar-refractivity contribution < 1.29 is 5.11 Å². The van der Waals surface area contributed by atoms with E-state index >= 15 is 0 Å². The molecule has 0 spiro atoms. The smallest absolute Gasteiger partial charge is 0.138 e. The Morgan fingerprint density at radius 3 is 3.00 bits per heavy atom. The lowest BCUT2D eigenvalue weighted by atomic mass is 10.3. The summed E-state index contributed by atoms with van der Waals surface area (Å²) in [6.45, 7) is 2.94. The lowest BCUT2D eigenvalue weighted by Gasteiger charge is -1.92. The largest absolute Gasteiger partial charge is 0.184 e. The van der Waals surface area contributed by atoms with Crippen LogP contribution in [-0.2, 0) is 0 Å². The molecule has 1 N–H and O–H groups in total. The molecule has 1 unspecified atom stereocenters. The highest BCUT2D eigenvalue weighted by Gasteiger charge is 1.98. The van der Waals surface area contributed by atoms with Gasteiger partial charge in [0.2, 0.25) is 0 Å². The van der Waals surface area contributed by atoms with Crippen molar-refractivity contribution in [1.29, 1.82) is 0 Å². The highest BCUT2D eigenvalue weighted by atomic mass is 15.1. The van der Waals surface area contributed by atoms with Gasteiger partial charge in [0.15, 0.2) is 6.54 Å². The van der Waals surface area contributed by atoms with Gasteiger partial charge in [-0.25, -0.2) is 0 Å². The van der Waals surface area contributed by atoms with E-state index < -0.39 is 0 Å². The van der Waals surface area contributed by atoms with E-state index in [1.165, 1.54) is 0 Å². The van der Waals surface area contributed by atoms with Crippen molar-refractivity contribution >= 4 is 0 Å². The third kappa shape index (κ3) is 1.11. The Bertz CT molecular complexity index is 92.6. The standard InChI is InChI=1S/C5H8N2/c1-5-3-2-4-6-7-5/h2-3,5H,4H2,1H3/p+1. The lowest BCUT2D eigenvalue weighted by Crippen LogP contribution is -2.67. The van der Waals surface area contributed by atoms with E-state index in [4.69, 9.17) is 0 Å². The quantitative estimate of drug-likeness (QED) is 0.394. The molecule has 1 atom stereocenters. The zero-order valence-corrected chi connectivity index (χ0v) is 4.39. The van der Waals surface area contributed by atoms with Gasteiger partial charge in [-0.15, -0.1) is 5.11 Å². The van der Waals surface area contributed by atoms with Crippen molar-refractivity contribution in [2.24, 2.45) is 5.11 Å². The highest BCUT2D eigenvalue weighted by Crippen LogP contribution is 1.87. The predicted octanol–water partition coefficient (Wildman–Crippen LogP) is -0.522. The second kappa shape index (κ2) is 1.87. The third-order valence-corrected chi connectivity index (χ3v) is 0.919. The first-order valence-corrected chi connectivity index (χ1v) is 2.49. The number of nitrogens with zero attached hydrogens (tertiary/aromatic N) is 1. The predicted molar refractivity (Wildman–Crippen MR) is 26.9 cm³/mol. The summed E-state index contributed by atoms with van der Waals surface area (Å²) < 4.78 is 0. The van der Waals surface area contributed by atoms with Crippen LogP contribution in [0.1, 0.15) is 6.92 Å². The summed E-state index contributed by atoms with van der Waals surface area (Å²) in [6, 6.07) is 0.369. The number of nitrogens with one attached hydrogen (secondary N) is 1. The maximum absolute atomic E-state index is 3.99. The molecule has 0 saturated heterocycles. The molecule has 2 heteroatoms. The van der Waals surface area contributed by atoms with E-state index in [-0.39, 0.29) is 0 Å². The monoisotopic (exact) mass is 97.1 g/mol. The van der Waals surface area contributed by atoms with E-state index in [1.807, 2.05) is 6.92 Å². The van der Waals surface area contributed by atoms with Gasteiger partial charge in [0.1, 0.15) is 6.04 Å². The highest BCUT2D eigenvalue weighted by molar-refractivity contribution is 4.90. The number of rotatable bonds is 0. The van der Waals surface area contributed by atoms with Crippen LogP contribution in [-0.4, -0.2) is 12.6 Å². The number of hydrogen-bond acceptors (Lipinski definition) is 1. The summed E-state index contributed by atoms with van der Waals surface area (Å²) in [6.07, 6.45) is 4.16. The van der Waals surface area contributed by atoms with Crippen molar-refractivity contribution in [3.05, 3.63) is 12.2 Å². The van der Waals surface area contributed by atoms with Gasteiger partial charge in [-0.05, 0) is 18.1 Å². The summed E-state index contributed by atoms with van der Waals surface area (Å²) in [5.41, 5.74) is 0. The lowest BCUT2D eigenvalue weighted by molar-refractivity contribution is -0.527. The number of hydrogen-bond donors (Lipinski definition) is 1. The van der Waals surface area contributed by atoms with Crippen molar-refractivity contribution in [2.75, 3.05) is 6.54 Å². The first kappa shape index (κ1) is 4.50. The number of azo groups is 1. The van der Waals surface area contributed by atoms with Crippen molar-refractivity contribution in [2.45, 2.75) is 13.0 Å². The van der Waals surface area contributed by atoms with Gasteiger partial charge in [-0.3, -0.25) is 0 Å². The summed E-state index contributed by atoms with van der Waals surface area (Å²) >= 11 is 0. The normalized spacial score (nSPS) is 28.4. The first-order chi connectivity index (χ1) is 3.39. The molecular weight excluding hydrogens is 88.1 g/mol. The molecule has 1 aliphatic heterocycles. The maximum atomic E-state index is 3.99. The molecule has 0 bridgehead atoms. The molecule has 7 heavy (non-hydrogen) atoms. The minimum atomic E-state index is 0.369. The minimum absolute atomic E-state index is 0.369. The summed E-state index contributed by atoms with van der Waals surface area (Å²) in [7, 11) is 0. The molecule has 0 aliphatic carbocycles. The Kier molecular flexibility index (Phi) is 1.20. The molecule has 0 radical (unpaired) electrons. The molecule has 2 nitrogen and oxygen atoms in total. The van der Waals surface area contributed by atoms with Crippen LogP contribution in [0.25, 0.3) is 0 Å². The average Bonchev–Trinajstić information content (AvgIpc) is 1.69. The third-order valence-electron chi connectivity index (χ3n) is 0.919.